The van der Waals surface area contributed by atoms with Crippen LogP contribution in [0.5, 0.6) is 5.75 Å². The Morgan fingerprint density at radius 3 is 2.68 bits per heavy atom. The quantitative estimate of drug-likeness (QED) is 0.719. The first-order valence-corrected chi connectivity index (χ1v) is 8.74. The highest BCUT2D eigenvalue weighted by Crippen LogP contribution is 2.23. The Hall–Kier alpha value is -2.91. The summed E-state index contributed by atoms with van der Waals surface area (Å²) >= 11 is 1.47. The van der Waals surface area contributed by atoms with Crippen LogP contribution in [0.1, 0.15) is 29.3 Å². The summed E-state index contributed by atoms with van der Waals surface area (Å²) in [5, 5.41) is 8.85. The van der Waals surface area contributed by atoms with Gasteiger partial charge in [-0.1, -0.05) is 18.3 Å². The minimum atomic E-state index is -0.312. The molecule has 0 radical (unpaired) electrons. The molecular formula is C19H17N3O2S. The van der Waals surface area contributed by atoms with Crippen molar-refractivity contribution in [1.82, 2.24) is 4.57 Å². The van der Waals surface area contributed by atoms with Gasteiger partial charge in [0.25, 0.3) is 5.91 Å². The first-order valence-electron chi connectivity index (χ1n) is 7.93. The number of hydrogen-bond acceptors (Lipinski definition) is 4. The first-order chi connectivity index (χ1) is 12.2. The summed E-state index contributed by atoms with van der Waals surface area (Å²) in [5.41, 5.74) is 2.03. The average Bonchev–Trinajstić information content (AvgIpc) is 2.98. The maximum Gasteiger partial charge on any atom is 0.279 e. The maximum atomic E-state index is 12.5. The summed E-state index contributed by atoms with van der Waals surface area (Å²) in [4.78, 5) is 17.5. The number of carbonyl (C=O) groups excluding carboxylic acids is 1. The Morgan fingerprint density at radius 2 is 2.04 bits per heavy atom. The smallest absolute Gasteiger partial charge is 0.279 e. The second-order valence-corrected chi connectivity index (χ2v) is 6.49. The monoisotopic (exact) mass is 351 g/mol. The molecule has 3 rings (SSSR count). The van der Waals surface area contributed by atoms with E-state index in [0.717, 1.165) is 28.9 Å². The van der Waals surface area contributed by atoms with Gasteiger partial charge in [0.05, 0.1) is 29.0 Å². The van der Waals surface area contributed by atoms with E-state index in [2.05, 4.69) is 16.5 Å². The van der Waals surface area contributed by atoms with Crippen molar-refractivity contribution in [3.63, 3.8) is 0 Å². The molecule has 5 nitrogen and oxygen atoms in total. The number of carbonyl (C=O) groups is 1. The van der Waals surface area contributed by atoms with Gasteiger partial charge in [-0.25, -0.2) is 0 Å². The third-order valence-electron chi connectivity index (χ3n) is 3.80. The van der Waals surface area contributed by atoms with E-state index in [1.165, 1.54) is 11.3 Å². The van der Waals surface area contributed by atoms with Gasteiger partial charge in [0.15, 0.2) is 4.80 Å². The summed E-state index contributed by atoms with van der Waals surface area (Å²) in [6.45, 7) is 2.87. The summed E-state index contributed by atoms with van der Waals surface area (Å²) in [5.74, 6) is 0.468. The minimum absolute atomic E-state index is 0.312. The topological polar surface area (TPSA) is 67.4 Å². The molecule has 0 unspecified atom stereocenters. The van der Waals surface area contributed by atoms with Crippen LogP contribution in [0.2, 0.25) is 0 Å². The van der Waals surface area contributed by atoms with Crippen LogP contribution in [0, 0.1) is 11.3 Å². The molecule has 1 aromatic heterocycles. The lowest BCUT2D eigenvalue weighted by Gasteiger charge is -2.03. The zero-order chi connectivity index (χ0) is 17.8. The van der Waals surface area contributed by atoms with Gasteiger partial charge in [-0.3, -0.25) is 4.79 Å². The van der Waals surface area contributed by atoms with Gasteiger partial charge in [-0.05, 0) is 48.9 Å². The molecular weight excluding hydrogens is 334 g/mol. The van der Waals surface area contributed by atoms with E-state index in [-0.39, 0.29) is 5.91 Å². The van der Waals surface area contributed by atoms with Crippen LogP contribution in [-0.4, -0.2) is 17.6 Å². The molecule has 0 aliphatic carbocycles. The highest BCUT2D eigenvalue weighted by atomic mass is 32.1. The summed E-state index contributed by atoms with van der Waals surface area (Å²) in [7, 11) is 1.63. The molecule has 0 aliphatic heterocycles. The van der Waals surface area contributed by atoms with Gasteiger partial charge in [-0.15, -0.1) is 0 Å². The van der Waals surface area contributed by atoms with Gasteiger partial charge in [0.2, 0.25) is 0 Å². The van der Waals surface area contributed by atoms with E-state index in [1.54, 1.807) is 31.4 Å². The van der Waals surface area contributed by atoms with Gasteiger partial charge < -0.3 is 9.30 Å². The lowest BCUT2D eigenvalue weighted by atomic mass is 10.1. The molecule has 0 saturated carbocycles. The molecule has 1 heterocycles. The van der Waals surface area contributed by atoms with Crippen molar-refractivity contribution >= 4 is 27.5 Å². The van der Waals surface area contributed by atoms with Crippen molar-refractivity contribution in [3.05, 3.63) is 58.4 Å². The van der Waals surface area contributed by atoms with Crippen LogP contribution < -0.4 is 9.54 Å². The van der Waals surface area contributed by atoms with Crippen LogP contribution in [0.25, 0.3) is 10.2 Å². The molecule has 0 saturated heterocycles. The highest BCUT2D eigenvalue weighted by molar-refractivity contribution is 7.16. The van der Waals surface area contributed by atoms with Gasteiger partial charge in [0, 0.05) is 12.1 Å². The molecule has 3 aromatic rings. The Balaban J connectivity index is 2.08. The number of ether oxygens (including phenoxy) is 1. The number of fused-ring (bicyclic) bond motifs is 1. The fourth-order valence-corrected chi connectivity index (χ4v) is 3.63. The zero-order valence-electron chi connectivity index (χ0n) is 14.0. The SMILES string of the molecule is CCCn1c(=NC(=O)c2ccc(C#N)cc2)sc2cc(OC)ccc21. The molecule has 0 fully saturated rings. The van der Waals surface area contributed by atoms with Crippen LogP contribution in [-0.2, 0) is 6.54 Å². The third-order valence-corrected chi connectivity index (χ3v) is 4.84. The molecule has 6 heteroatoms. The predicted octanol–water partition coefficient (Wildman–Crippen LogP) is 3.73. The first kappa shape index (κ1) is 16.9. The molecule has 25 heavy (non-hydrogen) atoms. The molecule has 0 N–H and O–H groups in total. The fourth-order valence-electron chi connectivity index (χ4n) is 2.54. The fraction of sp³-hybridized carbons (Fsp3) is 0.211. The molecule has 126 valence electrons. The summed E-state index contributed by atoms with van der Waals surface area (Å²) in [6, 6.07) is 14.4. The van der Waals surface area contributed by atoms with Crippen molar-refractivity contribution in [1.29, 1.82) is 5.26 Å². The number of aryl methyl sites for hydroxylation is 1. The number of amides is 1. The molecule has 0 aliphatic rings. The van der Waals surface area contributed by atoms with Crippen molar-refractivity contribution in [3.8, 4) is 11.8 Å². The third kappa shape index (κ3) is 3.47. The number of thiazole rings is 1. The number of aromatic nitrogens is 1. The lowest BCUT2D eigenvalue weighted by Crippen LogP contribution is -2.16. The normalized spacial score (nSPS) is 11.5. The van der Waals surface area contributed by atoms with Crippen LogP contribution in [0.3, 0.4) is 0 Å². The van der Waals surface area contributed by atoms with Crippen LogP contribution in [0.4, 0.5) is 0 Å². The second-order valence-electron chi connectivity index (χ2n) is 5.48. The van der Waals surface area contributed by atoms with Gasteiger partial charge in [0.1, 0.15) is 5.75 Å². The van der Waals surface area contributed by atoms with Crippen molar-refractivity contribution < 1.29 is 9.53 Å². The number of benzene rings is 2. The van der Waals surface area contributed by atoms with E-state index in [0.29, 0.717) is 15.9 Å². The Morgan fingerprint density at radius 1 is 1.28 bits per heavy atom. The molecule has 1 amide bonds. The molecule has 0 atom stereocenters. The molecule has 0 spiro atoms. The Kier molecular flexibility index (Phi) is 4.96. The van der Waals surface area contributed by atoms with E-state index in [1.807, 2.05) is 24.3 Å². The van der Waals surface area contributed by atoms with Gasteiger partial charge in [-0.2, -0.15) is 10.3 Å². The van der Waals surface area contributed by atoms with Crippen molar-refractivity contribution in [2.75, 3.05) is 7.11 Å². The Bertz CT molecular complexity index is 1020. The van der Waals surface area contributed by atoms with Crippen molar-refractivity contribution in [2.45, 2.75) is 19.9 Å². The predicted molar refractivity (Wildman–Crippen MR) is 97.7 cm³/mol. The number of methoxy groups -OCH3 is 1. The lowest BCUT2D eigenvalue weighted by molar-refractivity contribution is 0.0998. The van der Waals surface area contributed by atoms with E-state index < -0.39 is 0 Å². The van der Waals surface area contributed by atoms with E-state index in [4.69, 9.17) is 10.00 Å². The Labute approximate surface area is 149 Å². The zero-order valence-corrected chi connectivity index (χ0v) is 14.8. The largest absolute Gasteiger partial charge is 0.497 e. The van der Waals surface area contributed by atoms with Gasteiger partial charge >= 0.3 is 0 Å². The number of nitriles is 1. The standard InChI is InChI=1S/C19H17N3O2S/c1-3-10-22-16-9-8-15(24-2)11-17(16)25-19(22)21-18(23)14-6-4-13(12-20)5-7-14/h4-9,11H,3,10H2,1-2H3. The van der Waals surface area contributed by atoms with Crippen LogP contribution in [0.15, 0.2) is 47.5 Å². The van der Waals surface area contributed by atoms with E-state index in [9.17, 15) is 4.79 Å². The minimum Gasteiger partial charge on any atom is -0.497 e. The maximum absolute atomic E-state index is 12.5. The molecule has 0 bridgehead atoms. The average molecular weight is 351 g/mol. The molecule has 2 aromatic carbocycles. The van der Waals surface area contributed by atoms with Crippen molar-refractivity contribution in [2.24, 2.45) is 4.99 Å². The summed E-state index contributed by atoms with van der Waals surface area (Å²) in [6.07, 6.45) is 0.941. The highest BCUT2D eigenvalue weighted by Gasteiger charge is 2.10. The number of nitrogens with zero attached hydrogens (tertiary/aromatic N) is 3. The number of hydrogen-bond donors (Lipinski definition) is 0. The van der Waals surface area contributed by atoms with E-state index >= 15 is 0 Å². The summed E-state index contributed by atoms with van der Waals surface area (Å²) < 4.78 is 8.36. The van der Waals surface area contributed by atoms with Crippen LogP contribution >= 0.6 is 11.3 Å². The second kappa shape index (κ2) is 7.32. The number of rotatable bonds is 4.